The molecule has 0 bridgehead atoms. The van der Waals surface area contributed by atoms with Gasteiger partial charge in [0, 0.05) is 29.7 Å². The molecule has 39 heavy (non-hydrogen) atoms. The summed E-state index contributed by atoms with van der Waals surface area (Å²) in [6, 6.07) is 4.46. The van der Waals surface area contributed by atoms with Gasteiger partial charge < -0.3 is 18.6 Å². The Hall–Kier alpha value is -3.76. The highest BCUT2D eigenvalue weighted by atomic mass is 19.2. The summed E-state index contributed by atoms with van der Waals surface area (Å²) in [5.74, 6) is -5.88. The van der Waals surface area contributed by atoms with Gasteiger partial charge >= 0.3 is 18.0 Å². The van der Waals surface area contributed by atoms with E-state index in [0.29, 0.717) is 24.8 Å². The maximum absolute atomic E-state index is 14.1. The number of ketones is 1. The zero-order valence-electron chi connectivity index (χ0n) is 21.7. The highest BCUT2D eigenvalue weighted by Crippen LogP contribution is 2.65. The van der Waals surface area contributed by atoms with Crippen LogP contribution in [-0.4, -0.2) is 37.0 Å². The fourth-order valence-electron chi connectivity index (χ4n) is 7.11. The first-order chi connectivity index (χ1) is 18.5. The monoisotopic (exact) mass is 545 g/mol. The Kier molecular flexibility index (Phi) is 6.72. The molecule has 0 spiro atoms. The van der Waals surface area contributed by atoms with E-state index in [1.165, 1.54) is 19.6 Å². The Morgan fingerprint density at radius 3 is 2.54 bits per heavy atom. The number of fused-ring (bicyclic) bond motifs is 3. The van der Waals surface area contributed by atoms with Crippen molar-refractivity contribution in [3.05, 3.63) is 54.0 Å². The summed E-state index contributed by atoms with van der Waals surface area (Å²) >= 11 is 0. The lowest BCUT2D eigenvalue weighted by Gasteiger charge is -2.60. The van der Waals surface area contributed by atoms with E-state index < -0.39 is 76.2 Å². The minimum absolute atomic E-state index is 0.0702. The molecule has 11 heteroatoms. The van der Waals surface area contributed by atoms with E-state index >= 15 is 0 Å². The molecule has 0 unspecified atom stereocenters. The fraction of sp³-hybridized carbons (Fsp3) is 0.500. The molecule has 2 saturated carbocycles. The van der Waals surface area contributed by atoms with Crippen molar-refractivity contribution >= 4 is 29.5 Å². The minimum atomic E-state index is -1.33. The largest absolute Gasteiger partial charge is 0.472 e. The topological polar surface area (TPSA) is 121 Å². The third-order valence-corrected chi connectivity index (χ3v) is 8.92. The Morgan fingerprint density at radius 2 is 1.87 bits per heavy atom. The summed E-state index contributed by atoms with van der Waals surface area (Å²) < 4.78 is 48.4. The van der Waals surface area contributed by atoms with Crippen molar-refractivity contribution in [1.82, 2.24) is 0 Å². The van der Waals surface area contributed by atoms with E-state index in [4.69, 9.17) is 18.6 Å². The number of furan rings is 1. The molecule has 5 rings (SSSR count). The quantitative estimate of drug-likeness (QED) is 0.423. The van der Waals surface area contributed by atoms with Gasteiger partial charge in [-0.3, -0.25) is 19.7 Å². The smallest absolute Gasteiger partial charge is 0.412 e. The molecule has 1 aromatic carbocycles. The minimum Gasteiger partial charge on any atom is -0.472 e. The van der Waals surface area contributed by atoms with Crippen molar-refractivity contribution in [3.63, 3.8) is 0 Å². The van der Waals surface area contributed by atoms with E-state index in [9.17, 15) is 28.0 Å². The number of halogens is 2. The van der Waals surface area contributed by atoms with Crippen LogP contribution in [0.15, 0.2) is 41.2 Å². The number of hydrogen-bond donors (Lipinski definition) is 1. The zero-order valence-corrected chi connectivity index (χ0v) is 21.7. The first kappa shape index (κ1) is 26.8. The van der Waals surface area contributed by atoms with Crippen molar-refractivity contribution in [2.45, 2.75) is 51.7 Å². The number of hydrogen-bond acceptors (Lipinski definition) is 8. The number of anilines is 1. The van der Waals surface area contributed by atoms with Crippen LogP contribution in [0.3, 0.4) is 0 Å². The van der Waals surface area contributed by atoms with E-state index in [2.05, 4.69) is 5.32 Å². The van der Waals surface area contributed by atoms with Gasteiger partial charge in [0.25, 0.3) is 0 Å². The number of amides is 1. The van der Waals surface area contributed by atoms with Gasteiger partial charge in [0.1, 0.15) is 6.10 Å². The van der Waals surface area contributed by atoms with Crippen LogP contribution in [0.2, 0.25) is 0 Å². The van der Waals surface area contributed by atoms with Crippen LogP contribution in [0.25, 0.3) is 0 Å². The normalized spacial score (nSPS) is 33.8. The SMILES string of the molecule is COC(=O)[C@@H]1C[C@H](OC(=O)Nc2ccc(F)c(F)c2)C(=O)[C@H]2[C@@]1(C)CC[C@H]1C(=O)O[C@H](c3ccoc3)C[C@]21C. The van der Waals surface area contributed by atoms with Gasteiger partial charge in [-0.05, 0) is 48.3 Å². The zero-order chi connectivity index (χ0) is 28.1. The number of carbonyl (C=O) groups is 4. The molecule has 7 atom stereocenters. The summed E-state index contributed by atoms with van der Waals surface area (Å²) in [6.07, 6.45) is 0.904. The van der Waals surface area contributed by atoms with Crippen LogP contribution < -0.4 is 5.32 Å². The molecule has 3 aliphatic rings. The molecule has 1 amide bonds. The van der Waals surface area contributed by atoms with Crippen LogP contribution in [0, 0.1) is 40.2 Å². The van der Waals surface area contributed by atoms with E-state index in [1.54, 1.807) is 6.07 Å². The second kappa shape index (κ2) is 9.77. The molecule has 1 aliphatic heterocycles. The molecule has 9 nitrogen and oxygen atoms in total. The molecule has 208 valence electrons. The van der Waals surface area contributed by atoms with Crippen LogP contribution in [0.1, 0.15) is 51.2 Å². The third-order valence-electron chi connectivity index (χ3n) is 8.92. The van der Waals surface area contributed by atoms with Crippen LogP contribution in [0.5, 0.6) is 0 Å². The number of carbonyl (C=O) groups excluding carboxylic acids is 4. The van der Waals surface area contributed by atoms with Gasteiger partial charge in [0.2, 0.25) is 0 Å². The molecule has 2 heterocycles. The van der Waals surface area contributed by atoms with E-state index in [1.807, 2.05) is 13.8 Å². The summed E-state index contributed by atoms with van der Waals surface area (Å²) in [4.78, 5) is 53.1. The van der Waals surface area contributed by atoms with Crippen molar-refractivity contribution in [1.29, 1.82) is 0 Å². The maximum Gasteiger partial charge on any atom is 0.412 e. The van der Waals surface area contributed by atoms with E-state index in [-0.39, 0.29) is 12.1 Å². The molecule has 1 saturated heterocycles. The Morgan fingerprint density at radius 1 is 1.10 bits per heavy atom. The number of methoxy groups -OCH3 is 1. The highest BCUT2D eigenvalue weighted by Gasteiger charge is 2.67. The van der Waals surface area contributed by atoms with Crippen molar-refractivity contribution in [2.75, 3.05) is 12.4 Å². The molecule has 3 fully saturated rings. The molecule has 2 aliphatic carbocycles. The standard InChI is InChI=1S/C28H29F2NO8/c1-27-8-6-16-25(34)38-21(14-7-9-37-13-14)12-28(16,2)23(27)22(32)20(11-17(27)24(33)36-3)39-26(35)31-15-4-5-18(29)19(30)10-15/h4-5,7,9-10,13,16-17,20-21,23H,6,8,11-12H2,1-3H3,(H,31,35)/t16-,17-,20-,21-,23-,27-,28-/m0/s1. The molecule has 1 N–H and O–H groups in total. The lowest BCUT2D eigenvalue weighted by atomic mass is 9.43. The number of Topliss-reactive ketones (excluding diaryl/α,β-unsaturated/α-hetero) is 1. The Bertz CT molecular complexity index is 1310. The summed E-state index contributed by atoms with van der Waals surface area (Å²) in [6.45, 7) is 3.70. The van der Waals surface area contributed by atoms with Crippen molar-refractivity contribution in [3.8, 4) is 0 Å². The van der Waals surface area contributed by atoms with Gasteiger partial charge in [-0.1, -0.05) is 13.8 Å². The first-order valence-electron chi connectivity index (χ1n) is 12.7. The van der Waals surface area contributed by atoms with Crippen molar-refractivity contribution < 1.29 is 46.6 Å². The van der Waals surface area contributed by atoms with Crippen LogP contribution in [0.4, 0.5) is 19.3 Å². The van der Waals surface area contributed by atoms with Crippen LogP contribution in [-0.2, 0) is 28.6 Å². The Labute approximate surface area is 223 Å². The average Bonchev–Trinajstić information content (AvgIpc) is 3.42. The maximum atomic E-state index is 14.1. The number of cyclic esters (lactones) is 1. The number of rotatable bonds is 4. The summed E-state index contributed by atoms with van der Waals surface area (Å²) in [7, 11) is 1.25. The highest BCUT2D eigenvalue weighted by molar-refractivity contribution is 5.94. The van der Waals surface area contributed by atoms with Gasteiger partial charge in [0.15, 0.2) is 23.5 Å². The second-order valence-corrected chi connectivity index (χ2v) is 11.1. The average molecular weight is 546 g/mol. The second-order valence-electron chi connectivity index (χ2n) is 11.1. The van der Waals surface area contributed by atoms with Gasteiger partial charge in [-0.25, -0.2) is 13.6 Å². The first-order valence-corrected chi connectivity index (χ1v) is 12.7. The number of benzene rings is 1. The number of nitrogens with one attached hydrogen (secondary N) is 1. The van der Waals surface area contributed by atoms with E-state index in [0.717, 1.165) is 18.2 Å². The predicted molar refractivity (Wildman–Crippen MR) is 130 cm³/mol. The third kappa shape index (κ3) is 4.47. The predicted octanol–water partition coefficient (Wildman–Crippen LogP) is 4.96. The molecule has 0 radical (unpaired) electrons. The lowest BCUT2D eigenvalue weighted by molar-refractivity contribution is -0.207. The molecular weight excluding hydrogens is 516 g/mol. The van der Waals surface area contributed by atoms with Gasteiger partial charge in [-0.2, -0.15) is 0 Å². The van der Waals surface area contributed by atoms with Gasteiger partial charge in [-0.15, -0.1) is 0 Å². The lowest BCUT2D eigenvalue weighted by Crippen LogP contribution is -2.64. The number of esters is 2. The van der Waals surface area contributed by atoms with Crippen LogP contribution >= 0.6 is 0 Å². The number of ether oxygens (including phenoxy) is 3. The fourth-order valence-corrected chi connectivity index (χ4v) is 7.11. The molecular formula is C28H29F2NO8. The summed E-state index contributed by atoms with van der Waals surface area (Å²) in [5.41, 5.74) is -1.21. The summed E-state index contributed by atoms with van der Waals surface area (Å²) in [5, 5.41) is 2.30. The van der Waals surface area contributed by atoms with Gasteiger partial charge in [0.05, 0.1) is 31.5 Å². The molecule has 2 aromatic rings. The Balaban J connectivity index is 1.47. The molecule has 1 aromatic heterocycles. The van der Waals surface area contributed by atoms with Crippen molar-refractivity contribution in [2.24, 2.45) is 28.6 Å².